The topological polar surface area (TPSA) is 72.1 Å². The summed E-state index contributed by atoms with van der Waals surface area (Å²) < 4.78 is 6.41. The highest BCUT2D eigenvalue weighted by atomic mass is 16.5. The molecule has 21 heavy (non-hydrogen) atoms. The van der Waals surface area contributed by atoms with Gasteiger partial charge >= 0.3 is 5.97 Å². The van der Waals surface area contributed by atoms with Crippen LogP contribution in [0.25, 0.3) is 5.69 Å². The van der Waals surface area contributed by atoms with Gasteiger partial charge in [0.15, 0.2) is 0 Å². The van der Waals surface area contributed by atoms with Gasteiger partial charge in [-0.15, -0.1) is 0 Å². The SMILES string of the molecule is CC(=O)Oc1ccc(-n2c(C)cc(C)c(C#N)c2=O)cc1. The number of esters is 1. The van der Waals surface area contributed by atoms with E-state index in [9.17, 15) is 9.59 Å². The van der Waals surface area contributed by atoms with Crippen molar-refractivity contribution >= 4 is 5.97 Å². The Kier molecular flexibility index (Phi) is 3.90. The van der Waals surface area contributed by atoms with Crippen LogP contribution < -0.4 is 10.3 Å². The fourth-order valence-electron chi connectivity index (χ4n) is 2.18. The van der Waals surface area contributed by atoms with Crippen molar-refractivity contribution in [2.45, 2.75) is 20.8 Å². The zero-order chi connectivity index (χ0) is 15.6. The number of hydrogen-bond acceptors (Lipinski definition) is 4. The number of carbonyl (C=O) groups excluding carboxylic acids is 1. The molecule has 0 bridgehead atoms. The minimum atomic E-state index is -0.404. The van der Waals surface area contributed by atoms with Gasteiger partial charge in [-0.3, -0.25) is 14.2 Å². The Hall–Kier alpha value is -2.87. The molecule has 0 aliphatic rings. The lowest BCUT2D eigenvalue weighted by Gasteiger charge is -2.12. The molecule has 0 saturated carbocycles. The van der Waals surface area contributed by atoms with E-state index in [0.717, 1.165) is 5.69 Å². The van der Waals surface area contributed by atoms with Gasteiger partial charge in [0.25, 0.3) is 5.56 Å². The van der Waals surface area contributed by atoms with Gasteiger partial charge in [-0.25, -0.2) is 0 Å². The van der Waals surface area contributed by atoms with Crippen molar-refractivity contribution in [2.24, 2.45) is 0 Å². The summed E-state index contributed by atoms with van der Waals surface area (Å²) >= 11 is 0. The standard InChI is InChI=1S/C16H14N2O3/c1-10-8-11(2)18(16(20)15(10)9-17)13-4-6-14(7-5-13)21-12(3)19/h4-8H,1-3H3. The molecule has 1 heterocycles. The number of aryl methyl sites for hydroxylation is 2. The van der Waals surface area contributed by atoms with E-state index in [0.29, 0.717) is 17.0 Å². The quantitative estimate of drug-likeness (QED) is 0.625. The minimum Gasteiger partial charge on any atom is -0.427 e. The monoisotopic (exact) mass is 282 g/mol. The summed E-state index contributed by atoms with van der Waals surface area (Å²) in [6.45, 7) is 4.86. The van der Waals surface area contributed by atoms with Crippen LogP contribution in [-0.2, 0) is 4.79 Å². The number of pyridine rings is 1. The number of hydrogen-bond donors (Lipinski definition) is 0. The van der Waals surface area contributed by atoms with Crippen LogP contribution in [0.2, 0.25) is 0 Å². The highest BCUT2D eigenvalue weighted by molar-refractivity contribution is 5.69. The maximum atomic E-state index is 12.4. The summed E-state index contributed by atoms with van der Waals surface area (Å²) in [5, 5.41) is 9.08. The van der Waals surface area contributed by atoms with Gasteiger partial charge in [-0.05, 0) is 49.7 Å². The molecule has 1 aromatic heterocycles. The normalized spacial score (nSPS) is 10.0. The molecule has 0 aliphatic carbocycles. The number of benzene rings is 1. The first-order valence-electron chi connectivity index (χ1n) is 6.36. The second-order valence-corrected chi connectivity index (χ2v) is 4.68. The van der Waals surface area contributed by atoms with Gasteiger partial charge in [0.1, 0.15) is 17.4 Å². The molecule has 0 aliphatic heterocycles. The van der Waals surface area contributed by atoms with E-state index in [1.807, 2.05) is 6.07 Å². The Bertz CT molecular complexity index is 796. The third-order valence-electron chi connectivity index (χ3n) is 3.06. The molecule has 2 rings (SSSR count). The second-order valence-electron chi connectivity index (χ2n) is 4.68. The molecule has 5 heteroatoms. The molecule has 0 amide bonds. The average molecular weight is 282 g/mol. The number of rotatable bonds is 2. The van der Waals surface area contributed by atoms with E-state index in [4.69, 9.17) is 10.00 Å². The van der Waals surface area contributed by atoms with Gasteiger partial charge in [-0.1, -0.05) is 0 Å². The van der Waals surface area contributed by atoms with E-state index in [2.05, 4.69) is 0 Å². The van der Waals surface area contributed by atoms with Gasteiger partial charge in [0.05, 0.1) is 0 Å². The summed E-state index contributed by atoms with van der Waals surface area (Å²) in [6.07, 6.45) is 0. The molecule has 5 nitrogen and oxygen atoms in total. The molecule has 0 atom stereocenters. The Labute approximate surface area is 122 Å². The lowest BCUT2D eigenvalue weighted by atomic mass is 10.1. The molecule has 2 aromatic rings. The minimum absolute atomic E-state index is 0.129. The average Bonchev–Trinajstić information content (AvgIpc) is 2.40. The Morgan fingerprint density at radius 1 is 1.24 bits per heavy atom. The van der Waals surface area contributed by atoms with Crippen LogP contribution in [0.3, 0.4) is 0 Å². The summed E-state index contributed by atoms with van der Waals surface area (Å²) in [6, 6.07) is 10.3. The Morgan fingerprint density at radius 2 is 1.86 bits per heavy atom. The fourth-order valence-corrected chi connectivity index (χ4v) is 2.18. The van der Waals surface area contributed by atoms with Gasteiger partial charge in [0, 0.05) is 18.3 Å². The van der Waals surface area contributed by atoms with Crippen molar-refractivity contribution in [1.82, 2.24) is 4.57 Å². The summed E-state index contributed by atoms with van der Waals surface area (Å²) in [4.78, 5) is 23.2. The van der Waals surface area contributed by atoms with Crippen LogP contribution in [0.1, 0.15) is 23.7 Å². The highest BCUT2D eigenvalue weighted by Gasteiger charge is 2.11. The smallest absolute Gasteiger partial charge is 0.308 e. The molecular weight excluding hydrogens is 268 g/mol. The first-order valence-corrected chi connectivity index (χ1v) is 6.36. The van der Waals surface area contributed by atoms with E-state index in [1.165, 1.54) is 11.5 Å². The molecule has 0 unspecified atom stereocenters. The lowest BCUT2D eigenvalue weighted by molar-refractivity contribution is -0.131. The Balaban J connectivity index is 2.55. The number of nitrogens with zero attached hydrogens (tertiary/aromatic N) is 2. The molecule has 0 saturated heterocycles. The third kappa shape index (κ3) is 2.84. The highest BCUT2D eigenvalue weighted by Crippen LogP contribution is 2.17. The van der Waals surface area contributed by atoms with E-state index in [1.54, 1.807) is 44.2 Å². The first-order chi connectivity index (χ1) is 9.93. The molecule has 0 N–H and O–H groups in total. The largest absolute Gasteiger partial charge is 0.427 e. The van der Waals surface area contributed by atoms with Gasteiger partial charge in [-0.2, -0.15) is 5.26 Å². The second kappa shape index (κ2) is 5.63. The van der Waals surface area contributed by atoms with Gasteiger partial charge in [0.2, 0.25) is 0 Å². The van der Waals surface area contributed by atoms with Gasteiger partial charge < -0.3 is 4.74 Å². The van der Waals surface area contributed by atoms with Crippen LogP contribution in [0.4, 0.5) is 0 Å². The number of aromatic nitrogens is 1. The molecule has 106 valence electrons. The van der Waals surface area contributed by atoms with Crippen molar-refractivity contribution in [3.8, 4) is 17.5 Å². The predicted molar refractivity (Wildman–Crippen MR) is 77.5 cm³/mol. The van der Waals surface area contributed by atoms with Crippen molar-refractivity contribution in [3.63, 3.8) is 0 Å². The molecule has 0 spiro atoms. The van der Waals surface area contributed by atoms with Crippen molar-refractivity contribution in [2.75, 3.05) is 0 Å². The number of carbonyl (C=O) groups is 1. The molecule has 0 fully saturated rings. The summed E-state index contributed by atoms with van der Waals surface area (Å²) in [5.74, 6) is 0.00257. The third-order valence-corrected chi connectivity index (χ3v) is 3.06. The zero-order valence-electron chi connectivity index (χ0n) is 12.0. The van der Waals surface area contributed by atoms with Crippen LogP contribution in [0.15, 0.2) is 35.1 Å². The lowest BCUT2D eigenvalue weighted by Crippen LogP contribution is -2.24. The molecule has 1 aromatic carbocycles. The first kappa shape index (κ1) is 14.5. The number of nitriles is 1. The van der Waals surface area contributed by atoms with Crippen LogP contribution in [-0.4, -0.2) is 10.5 Å². The van der Waals surface area contributed by atoms with Crippen molar-refractivity contribution in [1.29, 1.82) is 5.26 Å². The summed E-state index contributed by atoms with van der Waals surface area (Å²) in [7, 11) is 0. The van der Waals surface area contributed by atoms with E-state index in [-0.39, 0.29) is 11.1 Å². The number of ether oxygens (including phenoxy) is 1. The van der Waals surface area contributed by atoms with Crippen LogP contribution in [0, 0.1) is 25.2 Å². The van der Waals surface area contributed by atoms with E-state index < -0.39 is 5.97 Å². The summed E-state index contributed by atoms with van der Waals surface area (Å²) in [5.41, 5.74) is 1.79. The maximum Gasteiger partial charge on any atom is 0.308 e. The fraction of sp³-hybridized carbons (Fsp3) is 0.188. The van der Waals surface area contributed by atoms with Crippen molar-refractivity contribution < 1.29 is 9.53 Å². The zero-order valence-corrected chi connectivity index (χ0v) is 12.0. The van der Waals surface area contributed by atoms with Crippen LogP contribution in [0.5, 0.6) is 5.75 Å². The molecule has 0 radical (unpaired) electrons. The maximum absolute atomic E-state index is 12.4. The van der Waals surface area contributed by atoms with E-state index >= 15 is 0 Å². The predicted octanol–water partition coefficient (Wildman–Crippen LogP) is 2.25. The Morgan fingerprint density at radius 3 is 2.38 bits per heavy atom. The molecular formula is C16H14N2O3. The van der Waals surface area contributed by atoms with Crippen molar-refractivity contribution in [3.05, 3.63) is 57.5 Å². The van der Waals surface area contributed by atoms with Crippen LogP contribution >= 0.6 is 0 Å².